The van der Waals surface area contributed by atoms with Gasteiger partial charge in [-0.1, -0.05) is 12.2 Å². The van der Waals surface area contributed by atoms with Gasteiger partial charge in [0, 0.05) is 25.0 Å². The number of dihydropyridines is 1. The van der Waals surface area contributed by atoms with E-state index in [-0.39, 0.29) is 23.2 Å². The van der Waals surface area contributed by atoms with Crippen LogP contribution in [0.1, 0.15) is 24.1 Å². The number of halogens is 2. The number of aromatic nitrogens is 1. The minimum absolute atomic E-state index is 0.0902. The van der Waals surface area contributed by atoms with Crippen molar-refractivity contribution in [3.63, 3.8) is 0 Å². The largest absolute Gasteiger partial charge is 0.379 e. The van der Waals surface area contributed by atoms with Gasteiger partial charge >= 0.3 is 0 Å². The molecule has 0 fully saturated rings. The summed E-state index contributed by atoms with van der Waals surface area (Å²) >= 11 is 0. The summed E-state index contributed by atoms with van der Waals surface area (Å²) < 4.78 is 26.6. The number of fused-ring (bicyclic) bond motifs is 1. The molecule has 2 aliphatic rings. The number of H-pyrrole nitrogens is 1. The molecule has 152 valence electrons. The second kappa shape index (κ2) is 8.33. The first kappa shape index (κ1) is 19.6. The topological polar surface area (TPSA) is 48.1 Å². The molecule has 2 aliphatic heterocycles. The Morgan fingerprint density at radius 3 is 2.79 bits per heavy atom. The lowest BCUT2D eigenvalue weighted by Crippen LogP contribution is -2.35. The summed E-state index contributed by atoms with van der Waals surface area (Å²) in [5.74, 6) is -0.628. The first-order chi connectivity index (χ1) is 14.0. The van der Waals surface area contributed by atoms with Gasteiger partial charge < -0.3 is 10.3 Å². The van der Waals surface area contributed by atoms with Crippen LogP contribution in [0.15, 0.2) is 58.8 Å². The van der Waals surface area contributed by atoms with Crippen molar-refractivity contribution in [1.82, 2.24) is 15.2 Å². The summed E-state index contributed by atoms with van der Waals surface area (Å²) in [6.45, 7) is 4.61. The molecule has 4 rings (SSSR count). The molecule has 3 heterocycles. The lowest BCUT2D eigenvalue weighted by atomic mass is 9.98. The number of nitrogens with one attached hydrogen (secondary N) is 2. The molecule has 0 bridgehead atoms. The molecule has 0 amide bonds. The van der Waals surface area contributed by atoms with Gasteiger partial charge in [-0.15, -0.1) is 0 Å². The summed E-state index contributed by atoms with van der Waals surface area (Å²) in [5.41, 5.74) is 2.73. The number of benzene rings is 1. The third kappa shape index (κ3) is 4.48. The molecule has 4 nitrogen and oxygen atoms in total. The van der Waals surface area contributed by atoms with Crippen molar-refractivity contribution in [3.8, 4) is 0 Å². The lowest BCUT2D eigenvalue weighted by molar-refractivity contribution is 0.287. The molecule has 0 saturated carbocycles. The molecule has 1 unspecified atom stereocenters. The van der Waals surface area contributed by atoms with E-state index in [2.05, 4.69) is 21.3 Å². The Kier molecular flexibility index (Phi) is 5.62. The van der Waals surface area contributed by atoms with Crippen molar-refractivity contribution in [1.29, 1.82) is 0 Å². The molecule has 2 N–H and O–H groups in total. The predicted molar refractivity (Wildman–Crippen MR) is 112 cm³/mol. The van der Waals surface area contributed by atoms with E-state index in [4.69, 9.17) is 0 Å². The quantitative estimate of drug-likeness (QED) is 0.753. The standard InChI is InChI=1S/C23H25F2N3O/c1-15-11-18(25)12-21-20(15)13-19(27-23(21)29)3-2-8-28-9-6-16(7-10-28)22-5-4-17(24)14-26-22/h4-6,11-14,22,26H,2-3,7-10H2,1H3,(H,27,29). The van der Waals surface area contributed by atoms with Gasteiger partial charge in [0.15, 0.2) is 0 Å². The first-order valence-corrected chi connectivity index (χ1v) is 10.0. The smallest absolute Gasteiger partial charge is 0.256 e. The van der Waals surface area contributed by atoms with E-state index in [9.17, 15) is 13.6 Å². The average molecular weight is 397 g/mol. The van der Waals surface area contributed by atoms with Crippen molar-refractivity contribution < 1.29 is 8.78 Å². The summed E-state index contributed by atoms with van der Waals surface area (Å²) in [6, 6.07) is 4.81. The number of allylic oxidation sites excluding steroid dienone is 2. The average Bonchev–Trinajstić information content (AvgIpc) is 2.70. The Balaban J connectivity index is 1.33. The monoisotopic (exact) mass is 397 g/mol. The van der Waals surface area contributed by atoms with Crippen LogP contribution in [0.25, 0.3) is 10.8 Å². The number of hydrogen-bond acceptors (Lipinski definition) is 3. The Morgan fingerprint density at radius 2 is 2.07 bits per heavy atom. The van der Waals surface area contributed by atoms with Gasteiger partial charge in [0.2, 0.25) is 0 Å². The van der Waals surface area contributed by atoms with Gasteiger partial charge in [-0.05, 0) is 73.5 Å². The molecule has 0 aliphatic carbocycles. The maximum Gasteiger partial charge on any atom is 0.256 e. The number of nitrogens with zero attached hydrogens (tertiary/aromatic N) is 1. The van der Waals surface area contributed by atoms with Crippen molar-refractivity contribution in [2.45, 2.75) is 32.2 Å². The second-order valence-corrected chi connectivity index (χ2v) is 7.77. The first-order valence-electron chi connectivity index (χ1n) is 10.0. The van der Waals surface area contributed by atoms with Gasteiger partial charge in [0.25, 0.3) is 5.56 Å². The molecule has 0 radical (unpaired) electrons. The molecule has 6 heteroatoms. The Morgan fingerprint density at radius 1 is 1.21 bits per heavy atom. The number of rotatable bonds is 5. The highest BCUT2D eigenvalue weighted by Crippen LogP contribution is 2.20. The highest BCUT2D eigenvalue weighted by Gasteiger charge is 2.18. The Bertz CT molecular complexity index is 1070. The number of hydrogen-bond donors (Lipinski definition) is 2. The SMILES string of the molecule is Cc1cc(F)cc2c(=O)[nH]c(CCCN3CC=C(C4C=CC(F)=CN4)CC3)cc12. The molecule has 0 spiro atoms. The Hall–Kier alpha value is -2.73. The van der Waals surface area contributed by atoms with Crippen LogP contribution in [0, 0.1) is 12.7 Å². The van der Waals surface area contributed by atoms with Crippen LogP contribution in [0.5, 0.6) is 0 Å². The summed E-state index contributed by atoms with van der Waals surface area (Å²) in [7, 11) is 0. The van der Waals surface area contributed by atoms with E-state index in [1.165, 1.54) is 30.0 Å². The molecule has 1 atom stereocenters. The minimum atomic E-state index is -0.383. The fourth-order valence-electron chi connectivity index (χ4n) is 4.09. The van der Waals surface area contributed by atoms with Gasteiger partial charge in [0.1, 0.15) is 11.6 Å². The van der Waals surface area contributed by atoms with Crippen molar-refractivity contribution in [2.75, 3.05) is 19.6 Å². The summed E-state index contributed by atoms with van der Waals surface area (Å²) in [4.78, 5) is 17.6. The zero-order chi connectivity index (χ0) is 20.4. The number of aromatic amines is 1. The molecule has 2 aromatic rings. The second-order valence-electron chi connectivity index (χ2n) is 7.77. The fourth-order valence-corrected chi connectivity index (χ4v) is 4.09. The molecule has 1 aromatic heterocycles. The number of pyridine rings is 1. The third-order valence-corrected chi connectivity index (χ3v) is 5.69. The van der Waals surface area contributed by atoms with Crippen LogP contribution in [0.2, 0.25) is 0 Å². The third-order valence-electron chi connectivity index (χ3n) is 5.69. The van der Waals surface area contributed by atoms with E-state index in [1.807, 2.05) is 19.1 Å². The Labute approximate surface area is 168 Å². The van der Waals surface area contributed by atoms with Crippen LogP contribution in [0.3, 0.4) is 0 Å². The summed E-state index contributed by atoms with van der Waals surface area (Å²) in [5, 5.41) is 4.29. The lowest BCUT2D eigenvalue weighted by Gasteiger charge is -2.29. The van der Waals surface area contributed by atoms with Crippen molar-refractivity contribution in [3.05, 3.63) is 81.5 Å². The highest BCUT2D eigenvalue weighted by atomic mass is 19.1. The van der Waals surface area contributed by atoms with Crippen LogP contribution in [-0.2, 0) is 6.42 Å². The van der Waals surface area contributed by atoms with Gasteiger partial charge in [-0.3, -0.25) is 9.69 Å². The van der Waals surface area contributed by atoms with E-state index >= 15 is 0 Å². The van der Waals surface area contributed by atoms with Gasteiger partial charge in [0.05, 0.1) is 11.4 Å². The summed E-state index contributed by atoms with van der Waals surface area (Å²) in [6.07, 6.45) is 9.66. The normalized spacial score (nSPS) is 19.8. The highest BCUT2D eigenvalue weighted by molar-refractivity contribution is 5.85. The van der Waals surface area contributed by atoms with Crippen LogP contribution in [0.4, 0.5) is 8.78 Å². The minimum Gasteiger partial charge on any atom is -0.379 e. The van der Waals surface area contributed by atoms with Crippen molar-refractivity contribution in [2.24, 2.45) is 0 Å². The van der Waals surface area contributed by atoms with E-state index in [0.29, 0.717) is 5.39 Å². The van der Waals surface area contributed by atoms with Crippen LogP contribution >= 0.6 is 0 Å². The maximum atomic E-state index is 13.6. The van der Waals surface area contributed by atoms with E-state index in [0.717, 1.165) is 55.5 Å². The van der Waals surface area contributed by atoms with Crippen LogP contribution < -0.4 is 10.9 Å². The van der Waals surface area contributed by atoms with E-state index < -0.39 is 0 Å². The predicted octanol–water partition coefficient (Wildman–Crippen LogP) is 3.88. The molecular formula is C23H25F2N3O. The fraction of sp³-hybridized carbons (Fsp3) is 0.348. The van der Waals surface area contributed by atoms with Gasteiger partial charge in [-0.25, -0.2) is 8.78 Å². The zero-order valence-corrected chi connectivity index (χ0v) is 16.5. The van der Waals surface area contributed by atoms with Gasteiger partial charge in [-0.2, -0.15) is 0 Å². The maximum absolute atomic E-state index is 13.6. The van der Waals surface area contributed by atoms with Crippen molar-refractivity contribution >= 4 is 10.8 Å². The zero-order valence-electron chi connectivity index (χ0n) is 16.5. The molecule has 29 heavy (non-hydrogen) atoms. The van der Waals surface area contributed by atoms with E-state index in [1.54, 1.807) is 0 Å². The van der Waals surface area contributed by atoms with Crippen LogP contribution in [-0.4, -0.2) is 35.6 Å². The molecule has 0 saturated heterocycles. The number of aryl methyl sites for hydroxylation is 2. The molecular weight excluding hydrogens is 372 g/mol. The molecule has 1 aromatic carbocycles.